The van der Waals surface area contributed by atoms with E-state index in [1.54, 1.807) is 35.6 Å². The lowest BCUT2D eigenvalue weighted by molar-refractivity contribution is -0.116. The van der Waals surface area contributed by atoms with Gasteiger partial charge in [0.1, 0.15) is 5.82 Å². The summed E-state index contributed by atoms with van der Waals surface area (Å²) in [6.45, 7) is 1.63. The molecule has 1 heterocycles. The lowest BCUT2D eigenvalue weighted by Gasteiger charge is -2.08. The third-order valence-corrected chi connectivity index (χ3v) is 4.34. The molecular formula is C18H21FN2OS. The number of nitrogens with one attached hydrogen (secondary N) is 1. The van der Waals surface area contributed by atoms with Crippen molar-refractivity contribution in [3.05, 3.63) is 53.2 Å². The van der Waals surface area contributed by atoms with E-state index in [4.69, 9.17) is 0 Å². The maximum absolute atomic E-state index is 12.9. The van der Waals surface area contributed by atoms with Gasteiger partial charge in [0.15, 0.2) is 0 Å². The van der Waals surface area contributed by atoms with Crippen molar-refractivity contribution < 1.29 is 9.18 Å². The SMILES string of the molecule is CN(C)CCCNC(=O)/C=C/c1ccc(-c2ccc(F)cc2)s1. The predicted molar refractivity (Wildman–Crippen MR) is 94.9 cm³/mol. The van der Waals surface area contributed by atoms with Crippen molar-refractivity contribution in [1.29, 1.82) is 0 Å². The third-order valence-electron chi connectivity index (χ3n) is 3.24. The lowest BCUT2D eigenvalue weighted by Crippen LogP contribution is -2.25. The summed E-state index contributed by atoms with van der Waals surface area (Å²) in [6, 6.07) is 10.3. The van der Waals surface area contributed by atoms with Gasteiger partial charge >= 0.3 is 0 Å². The van der Waals surface area contributed by atoms with Crippen molar-refractivity contribution in [2.75, 3.05) is 27.2 Å². The van der Waals surface area contributed by atoms with E-state index in [0.29, 0.717) is 6.54 Å². The number of amides is 1. The highest BCUT2D eigenvalue weighted by Crippen LogP contribution is 2.28. The zero-order valence-electron chi connectivity index (χ0n) is 13.4. The van der Waals surface area contributed by atoms with E-state index < -0.39 is 0 Å². The number of hydrogen-bond acceptors (Lipinski definition) is 3. The van der Waals surface area contributed by atoms with Crippen LogP contribution in [0.25, 0.3) is 16.5 Å². The normalized spacial score (nSPS) is 11.3. The van der Waals surface area contributed by atoms with Gasteiger partial charge in [0, 0.05) is 22.4 Å². The van der Waals surface area contributed by atoms with Gasteiger partial charge in [0.25, 0.3) is 0 Å². The molecule has 0 bridgehead atoms. The summed E-state index contributed by atoms with van der Waals surface area (Å²) in [5.74, 6) is -0.322. The van der Waals surface area contributed by atoms with Crippen molar-refractivity contribution in [3.8, 4) is 10.4 Å². The molecule has 1 N–H and O–H groups in total. The Labute approximate surface area is 140 Å². The molecule has 5 heteroatoms. The minimum Gasteiger partial charge on any atom is -0.353 e. The van der Waals surface area contributed by atoms with Crippen LogP contribution < -0.4 is 5.32 Å². The fourth-order valence-electron chi connectivity index (χ4n) is 2.04. The minimum atomic E-state index is -0.239. The van der Waals surface area contributed by atoms with E-state index >= 15 is 0 Å². The number of rotatable bonds is 7. The zero-order chi connectivity index (χ0) is 16.7. The van der Waals surface area contributed by atoms with Gasteiger partial charge in [-0.3, -0.25) is 4.79 Å². The first-order chi connectivity index (χ1) is 11.0. The van der Waals surface area contributed by atoms with Crippen LogP contribution in [-0.2, 0) is 4.79 Å². The summed E-state index contributed by atoms with van der Waals surface area (Å²) in [5, 5.41) is 2.86. The molecule has 0 unspecified atom stereocenters. The summed E-state index contributed by atoms with van der Waals surface area (Å²) < 4.78 is 12.9. The molecular weight excluding hydrogens is 311 g/mol. The van der Waals surface area contributed by atoms with E-state index in [1.165, 1.54) is 12.1 Å². The van der Waals surface area contributed by atoms with Crippen LogP contribution in [0.2, 0.25) is 0 Å². The number of carbonyl (C=O) groups excluding carboxylic acids is 1. The molecule has 2 aromatic rings. The van der Waals surface area contributed by atoms with E-state index in [-0.39, 0.29) is 11.7 Å². The van der Waals surface area contributed by atoms with Gasteiger partial charge in [0.05, 0.1) is 0 Å². The maximum Gasteiger partial charge on any atom is 0.244 e. The summed E-state index contributed by atoms with van der Waals surface area (Å²) in [5.41, 5.74) is 0.976. The second-order valence-electron chi connectivity index (χ2n) is 5.49. The van der Waals surface area contributed by atoms with Crippen LogP contribution in [0.15, 0.2) is 42.5 Å². The van der Waals surface area contributed by atoms with Crippen LogP contribution in [-0.4, -0.2) is 38.0 Å². The second kappa shape index (κ2) is 8.60. The maximum atomic E-state index is 12.9. The summed E-state index contributed by atoms with van der Waals surface area (Å²) in [6.07, 6.45) is 4.29. The van der Waals surface area contributed by atoms with Gasteiger partial charge in [-0.05, 0) is 63.0 Å². The fraction of sp³-hybridized carbons (Fsp3) is 0.278. The first-order valence-electron chi connectivity index (χ1n) is 7.51. The third kappa shape index (κ3) is 5.96. The average molecular weight is 332 g/mol. The van der Waals surface area contributed by atoms with Crippen molar-refractivity contribution in [2.45, 2.75) is 6.42 Å². The molecule has 0 aliphatic carbocycles. The molecule has 1 aromatic carbocycles. The van der Waals surface area contributed by atoms with Crippen molar-refractivity contribution in [2.24, 2.45) is 0 Å². The number of hydrogen-bond donors (Lipinski definition) is 1. The number of nitrogens with zero attached hydrogens (tertiary/aromatic N) is 1. The Hall–Kier alpha value is -1.98. The Balaban J connectivity index is 1.86. The molecule has 0 aliphatic rings. The molecule has 0 atom stereocenters. The highest BCUT2D eigenvalue weighted by Gasteiger charge is 2.02. The van der Waals surface area contributed by atoms with Gasteiger partial charge in [-0.2, -0.15) is 0 Å². The molecule has 1 aromatic heterocycles. The lowest BCUT2D eigenvalue weighted by atomic mass is 10.2. The Bertz CT molecular complexity index is 662. The number of halogens is 1. The Kier molecular flexibility index (Phi) is 6.50. The highest BCUT2D eigenvalue weighted by atomic mass is 32.1. The van der Waals surface area contributed by atoms with E-state index in [9.17, 15) is 9.18 Å². The van der Waals surface area contributed by atoms with Gasteiger partial charge < -0.3 is 10.2 Å². The molecule has 0 spiro atoms. The van der Waals surface area contributed by atoms with Gasteiger partial charge in [-0.15, -0.1) is 11.3 Å². The molecule has 3 nitrogen and oxygen atoms in total. The number of benzene rings is 1. The molecule has 0 saturated heterocycles. The Morgan fingerprint density at radius 2 is 1.96 bits per heavy atom. The second-order valence-corrected chi connectivity index (χ2v) is 6.61. The van der Waals surface area contributed by atoms with Crippen molar-refractivity contribution in [3.63, 3.8) is 0 Å². The quantitative estimate of drug-likeness (QED) is 0.620. The zero-order valence-corrected chi connectivity index (χ0v) is 14.2. The fourth-order valence-corrected chi connectivity index (χ4v) is 2.95. The molecule has 0 radical (unpaired) electrons. The Morgan fingerprint density at radius 3 is 2.65 bits per heavy atom. The average Bonchev–Trinajstić information content (AvgIpc) is 2.99. The first-order valence-corrected chi connectivity index (χ1v) is 8.32. The van der Waals surface area contributed by atoms with E-state index in [2.05, 4.69) is 10.2 Å². The van der Waals surface area contributed by atoms with E-state index in [0.717, 1.165) is 28.3 Å². The van der Waals surface area contributed by atoms with Crippen LogP contribution in [0.5, 0.6) is 0 Å². The van der Waals surface area contributed by atoms with Gasteiger partial charge in [-0.1, -0.05) is 12.1 Å². The van der Waals surface area contributed by atoms with Crippen molar-refractivity contribution in [1.82, 2.24) is 10.2 Å². The van der Waals surface area contributed by atoms with Crippen LogP contribution in [0.1, 0.15) is 11.3 Å². The first kappa shape index (κ1) is 17.4. The number of thiophene rings is 1. The number of carbonyl (C=O) groups is 1. The molecule has 23 heavy (non-hydrogen) atoms. The summed E-state index contributed by atoms with van der Waals surface area (Å²) in [7, 11) is 4.02. The standard InChI is InChI=1S/C18H21FN2OS/c1-21(2)13-3-12-20-18(22)11-9-16-8-10-17(23-16)14-4-6-15(19)7-5-14/h4-11H,3,12-13H2,1-2H3,(H,20,22)/b11-9+. The van der Waals surface area contributed by atoms with Crippen molar-refractivity contribution >= 4 is 23.3 Å². The summed E-state index contributed by atoms with van der Waals surface area (Å²) in [4.78, 5) is 15.9. The molecule has 0 saturated carbocycles. The summed E-state index contributed by atoms with van der Waals surface area (Å²) >= 11 is 1.57. The molecule has 0 aliphatic heterocycles. The topological polar surface area (TPSA) is 32.3 Å². The smallest absolute Gasteiger partial charge is 0.244 e. The van der Waals surface area contributed by atoms with Gasteiger partial charge in [0.2, 0.25) is 5.91 Å². The van der Waals surface area contributed by atoms with Crippen LogP contribution in [0, 0.1) is 5.82 Å². The van der Waals surface area contributed by atoms with E-state index in [1.807, 2.05) is 26.2 Å². The molecule has 1 amide bonds. The van der Waals surface area contributed by atoms with Crippen LogP contribution in [0.4, 0.5) is 4.39 Å². The van der Waals surface area contributed by atoms with Gasteiger partial charge in [-0.25, -0.2) is 4.39 Å². The molecule has 122 valence electrons. The largest absolute Gasteiger partial charge is 0.353 e. The minimum absolute atomic E-state index is 0.0829. The monoisotopic (exact) mass is 332 g/mol. The Morgan fingerprint density at radius 1 is 1.22 bits per heavy atom. The highest BCUT2D eigenvalue weighted by molar-refractivity contribution is 7.16. The van der Waals surface area contributed by atoms with Crippen LogP contribution >= 0.6 is 11.3 Å². The molecule has 0 fully saturated rings. The van der Waals surface area contributed by atoms with Crippen LogP contribution in [0.3, 0.4) is 0 Å². The molecule has 2 rings (SSSR count). The predicted octanol–water partition coefficient (Wildman–Crippen LogP) is 3.64.